The fourth-order valence-corrected chi connectivity index (χ4v) is 3.50. The Bertz CT molecular complexity index is 972. The number of phenols is 2. The van der Waals surface area contributed by atoms with Gasteiger partial charge in [-0.3, -0.25) is 4.79 Å². The summed E-state index contributed by atoms with van der Waals surface area (Å²) in [5.41, 5.74) is 1.24. The molecule has 5 nitrogen and oxygen atoms in total. The molecule has 3 N–H and O–H groups in total. The second-order valence-corrected chi connectivity index (χ2v) is 6.38. The molecule has 0 saturated carbocycles. The van der Waals surface area contributed by atoms with Crippen molar-refractivity contribution < 1.29 is 14.6 Å². The van der Waals surface area contributed by atoms with Gasteiger partial charge in [0.25, 0.3) is 0 Å². The highest BCUT2D eigenvalue weighted by molar-refractivity contribution is 5.89. The maximum atomic E-state index is 12.6. The fourth-order valence-electron chi connectivity index (χ4n) is 3.50. The van der Waals surface area contributed by atoms with E-state index in [1.54, 1.807) is 0 Å². The summed E-state index contributed by atoms with van der Waals surface area (Å²) in [6.07, 6.45) is 2.95. The molecule has 2 aromatic carbocycles. The van der Waals surface area contributed by atoms with Crippen LogP contribution in [0.25, 0.3) is 22.3 Å². The molecule has 1 atom stereocenters. The zero-order chi connectivity index (χ0) is 17.4. The highest BCUT2D eigenvalue weighted by Crippen LogP contribution is 2.40. The third kappa shape index (κ3) is 2.76. The SMILES string of the molecule is O=c1cc(-c2ccccc2)oc2c([C@H]3CCCCN3)c(O)cc(O)c12. The lowest BCUT2D eigenvalue weighted by molar-refractivity contribution is 0.386. The monoisotopic (exact) mass is 337 g/mol. The highest BCUT2D eigenvalue weighted by Gasteiger charge is 2.25. The Hall–Kier alpha value is -2.79. The molecule has 5 heteroatoms. The zero-order valence-corrected chi connectivity index (χ0v) is 13.7. The highest BCUT2D eigenvalue weighted by atomic mass is 16.3. The topological polar surface area (TPSA) is 82.7 Å². The minimum atomic E-state index is -0.324. The molecular formula is C20H19NO4. The van der Waals surface area contributed by atoms with Crippen molar-refractivity contribution in [2.75, 3.05) is 6.54 Å². The molecule has 0 spiro atoms. The Labute approximate surface area is 144 Å². The smallest absolute Gasteiger partial charge is 0.197 e. The molecule has 1 aliphatic rings. The standard InChI is InChI=1S/C20H19NO4/c22-14-10-15(23)19-16(24)11-17(12-6-2-1-3-7-12)25-20(19)18(14)13-8-4-5-9-21-13/h1-3,6-7,10-11,13,21-23H,4-5,8-9H2/t13-/m1/s1. The summed E-state index contributed by atoms with van der Waals surface area (Å²) in [7, 11) is 0. The molecule has 3 aromatic rings. The molecule has 128 valence electrons. The molecule has 25 heavy (non-hydrogen) atoms. The number of piperidine rings is 1. The van der Waals surface area contributed by atoms with Crippen LogP contribution >= 0.6 is 0 Å². The van der Waals surface area contributed by atoms with Crippen LogP contribution in [-0.2, 0) is 0 Å². The molecule has 0 aliphatic carbocycles. The van der Waals surface area contributed by atoms with Gasteiger partial charge in [0.1, 0.15) is 22.6 Å². The zero-order valence-electron chi connectivity index (χ0n) is 13.7. The first kappa shape index (κ1) is 15.7. The van der Waals surface area contributed by atoms with Crippen molar-refractivity contribution >= 4 is 11.0 Å². The molecule has 1 aliphatic heterocycles. The minimum absolute atomic E-state index is 0.0576. The number of benzene rings is 2. The molecule has 0 unspecified atom stereocenters. The van der Waals surface area contributed by atoms with Crippen LogP contribution in [0.4, 0.5) is 0 Å². The molecule has 1 aromatic heterocycles. The van der Waals surface area contributed by atoms with Crippen molar-refractivity contribution in [3.63, 3.8) is 0 Å². The maximum Gasteiger partial charge on any atom is 0.197 e. The van der Waals surface area contributed by atoms with Crippen LogP contribution in [0.5, 0.6) is 11.5 Å². The van der Waals surface area contributed by atoms with Crippen molar-refractivity contribution in [1.82, 2.24) is 5.32 Å². The largest absolute Gasteiger partial charge is 0.507 e. The van der Waals surface area contributed by atoms with E-state index < -0.39 is 0 Å². The van der Waals surface area contributed by atoms with Crippen molar-refractivity contribution in [2.24, 2.45) is 0 Å². The Kier molecular flexibility index (Phi) is 3.93. The van der Waals surface area contributed by atoms with E-state index in [0.29, 0.717) is 11.3 Å². The fraction of sp³-hybridized carbons (Fsp3) is 0.250. The number of hydrogen-bond donors (Lipinski definition) is 3. The Morgan fingerprint density at radius 2 is 1.84 bits per heavy atom. The molecule has 4 rings (SSSR count). The number of phenolic OH excluding ortho intramolecular Hbond substituents is 2. The lowest BCUT2D eigenvalue weighted by Gasteiger charge is -2.25. The van der Waals surface area contributed by atoms with Crippen molar-refractivity contribution in [2.45, 2.75) is 25.3 Å². The van der Waals surface area contributed by atoms with Gasteiger partial charge in [-0.2, -0.15) is 0 Å². The summed E-state index contributed by atoms with van der Waals surface area (Å²) in [5, 5.41) is 24.1. The summed E-state index contributed by atoms with van der Waals surface area (Å²) in [5.74, 6) is 0.0957. The quantitative estimate of drug-likeness (QED) is 0.664. The molecule has 0 bridgehead atoms. The van der Waals surface area contributed by atoms with Gasteiger partial charge in [0.05, 0.1) is 5.56 Å². The molecule has 2 heterocycles. The van der Waals surface area contributed by atoms with Gasteiger partial charge < -0.3 is 19.9 Å². The van der Waals surface area contributed by atoms with E-state index in [0.717, 1.165) is 31.4 Å². The molecule has 1 fully saturated rings. The van der Waals surface area contributed by atoms with Crippen molar-refractivity contribution in [1.29, 1.82) is 0 Å². The molecular weight excluding hydrogens is 318 g/mol. The van der Waals surface area contributed by atoms with Gasteiger partial charge in [0.2, 0.25) is 0 Å². The first-order valence-electron chi connectivity index (χ1n) is 8.46. The van der Waals surface area contributed by atoms with Crippen LogP contribution < -0.4 is 10.7 Å². The van der Waals surface area contributed by atoms with E-state index >= 15 is 0 Å². The Morgan fingerprint density at radius 3 is 2.56 bits per heavy atom. The van der Waals surface area contributed by atoms with Crippen LogP contribution in [0.15, 0.2) is 51.7 Å². The number of nitrogens with one attached hydrogen (secondary N) is 1. The van der Waals surface area contributed by atoms with Crippen LogP contribution in [-0.4, -0.2) is 16.8 Å². The number of aromatic hydroxyl groups is 2. The third-order valence-electron chi connectivity index (χ3n) is 4.71. The van der Waals surface area contributed by atoms with E-state index in [1.807, 2.05) is 30.3 Å². The number of fused-ring (bicyclic) bond motifs is 1. The summed E-state index contributed by atoms with van der Waals surface area (Å²) in [6, 6.07) is 11.8. The summed E-state index contributed by atoms with van der Waals surface area (Å²) < 4.78 is 6.01. The Morgan fingerprint density at radius 1 is 1.04 bits per heavy atom. The van der Waals surface area contributed by atoms with Crippen LogP contribution in [0.2, 0.25) is 0 Å². The summed E-state index contributed by atoms with van der Waals surface area (Å²) in [6.45, 7) is 0.842. The van der Waals surface area contributed by atoms with E-state index in [9.17, 15) is 15.0 Å². The van der Waals surface area contributed by atoms with Crippen LogP contribution in [0.1, 0.15) is 30.9 Å². The van der Waals surface area contributed by atoms with Crippen molar-refractivity contribution in [3.05, 3.63) is 58.3 Å². The predicted molar refractivity (Wildman–Crippen MR) is 95.8 cm³/mol. The van der Waals surface area contributed by atoms with Crippen LogP contribution in [0, 0.1) is 0 Å². The van der Waals surface area contributed by atoms with Gasteiger partial charge in [-0.1, -0.05) is 36.8 Å². The Balaban J connectivity index is 2.00. The molecule has 1 saturated heterocycles. The average Bonchev–Trinajstić information content (AvgIpc) is 2.62. The molecule has 0 amide bonds. The second-order valence-electron chi connectivity index (χ2n) is 6.38. The molecule has 0 radical (unpaired) electrons. The van der Waals surface area contributed by atoms with Gasteiger partial charge in [-0.15, -0.1) is 0 Å². The van der Waals surface area contributed by atoms with E-state index in [-0.39, 0.29) is 33.9 Å². The first-order valence-corrected chi connectivity index (χ1v) is 8.46. The van der Waals surface area contributed by atoms with Gasteiger partial charge >= 0.3 is 0 Å². The second kappa shape index (κ2) is 6.26. The third-order valence-corrected chi connectivity index (χ3v) is 4.71. The van der Waals surface area contributed by atoms with Crippen LogP contribution in [0.3, 0.4) is 0 Å². The average molecular weight is 337 g/mol. The maximum absolute atomic E-state index is 12.6. The van der Waals surface area contributed by atoms with Crippen molar-refractivity contribution in [3.8, 4) is 22.8 Å². The lowest BCUT2D eigenvalue weighted by atomic mass is 9.94. The first-order chi connectivity index (χ1) is 12.1. The number of rotatable bonds is 2. The summed E-state index contributed by atoms with van der Waals surface area (Å²) in [4.78, 5) is 12.6. The predicted octanol–water partition coefficient (Wildman–Crippen LogP) is 3.69. The van der Waals surface area contributed by atoms with Gasteiger partial charge in [-0.05, 0) is 19.4 Å². The van der Waals surface area contributed by atoms with E-state index in [1.165, 1.54) is 12.1 Å². The van der Waals surface area contributed by atoms with Gasteiger partial charge in [0.15, 0.2) is 11.0 Å². The normalized spacial score (nSPS) is 17.7. The summed E-state index contributed by atoms with van der Waals surface area (Å²) >= 11 is 0. The lowest BCUT2D eigenvalue weighted by Crippen LogP contribution is -2.27. The van der Waals surface area contributed by atoms with Gasteiger partial charge in [-0.25, -0.2) is 0 Å². The van der Waals surface area contributed by atoms with E-state index in [4.69, 9.17) is 4.42 Å². The van der Waals surface area contributed by atoms with Gasteiger partial charge in [0, 0.05) is 23.7 Å². The minimum Gasteiger partial charge on any atom is -0.507 e. The number of hydrogen-bond acceptors (Lipinski definition) is 5. The van der Waals surface area contributed by atoms with E-state index in [2.05, 4.69) is 5.32 Å².